The molecule has 0 radical (unpaired) electrons. The number of benzene rings is 1. The molecule has 3 rings (SSSR count). The highest BCUT2D eigenvalue weighted by molar-refractivity contribution is 5.98. The van der Waals surface area contributed by atoms with Gasteiger partial charge in [0.1, 0.15) is 11.8 Å². The van der Waals surface area contributed by atoms with Gasteiger partial charge in [0.15, 0.2) is 5.69 Å². The van der Waals surface area contributed by atoms with E-state index in [1.165, 1.54) is 7.11 Å². The SMILES string of the molecule is CCC1C(=O)N(Cc2ccc(OC)cc2)c2nc(C(F)(F)F)cc(=O)n21. The number of aromatic nitrogens is 2. The van der Waals surface area contributed by atoms with Crippen LogP contribution in [0.4, 0.5) is 19.1 Å². The van der Waals surface area contributed by atoms with Gasteiger partial charge in [-0.2, -0.15) is 13.2 Å². The number of ether oxygens (including phenoxy) is 1. The Morgan fingerprint density at radius 3 is 2.38 bits per heavy atom. The van der Waals surface area contributed by atoms with Gasteiger partial charge in [-0.25, -0.2) is 4.98 Å². The molecule has 1 amide bonds. The van der Waals surface area contributed by atoms with Gasteiger partial charge in [0.2, 0.25) is 5.95 Å². The van der Waals surface area contributed by atoms with Crippen LogP contribution in [0.1, 0.15) is 30.6 Å². The lowest BCUT2D eigenvalue weighted by atomic mass is 10.2. The Balaban J connectivity index is 2.06. The van der Waals surface area contributed by atoms with Crippen LogP contribution in [0.3, 0.4) is 0 Å². The number of fused-ring (bicyclic) bond motifs is 1. The number of hydrogen-bond donors (Lipinski definition) is 0. The Morgan fingerprint density at radius 2 is 1.85 bits per heavy atom. The minimum atomic E-state index is -4.77. The predicted octanol–water partition coefficient (Wildman–Crippen LogP) is 2.77. The number of nitrogens with zero attached hydrogens (tertiary/aromatic N) is 3. The molecule has 1 aromatic carbocycles. The van der Waals surface area contributed by atoms with E-state index in [0.29, 0.717) is 17.4 Å². The third-order valence-corrected chi connectivity index (χ3v) is 4.21. The molecule has 0 fully saturated rings. The van der Waals surface area contributed by atoms with Crippen LogP contribution in [-0.2, 0) is 17.5 Å². The fraction of sp³-hybridized carbons (Fsp3) is 0.353. The van der Waals surface area contributed by atoms with Crippen LogP contribution in [0.5, 0.6) is 5.75 Å². The van der Waals surface area contributed by atoms with Crippen molar-refractivity contribution in [3.63, 3.8) is 0 Å². The van der Waals surface area contributed by atoms with Crippen LogP contribution in [0.15, 0.2) is 35.1 Å². The molecule has 1 unspecified atom stereocenters. The Hall–Kier alpha value is -2.84. The molecule has 1 atom stereocenters. The number of halogens is 3. The van der Waals surface area contributed by atoms with E-state index in [-0.39, 0.29) is 18.9 Å². The van der Waals surface area contributed by atoms with Gasteiger partial charge < -0.3 is 4.74 Å². The molecule has 9 heteroatoms. The first kappa shape index (κ1) is 18.0. The van der Waals surface area contributed by atoms with Crippen LogP contribution in [-0.4, -0.2) is 22.6 Å². The molecule has 0 bridgehead atoms. The molecule has 0 spiro atoms. The summed E-state index contributed by atoms with van der Waals surface area (Å²) in [5, 5.41) is 0. The second kappa shape index (κ2) is 6.47. The summed E-state index contributed by atoms with van der Waals surface area (Å²) >= 11 is 0. The first-order valence-electron chi connectivity index (χ1n) is 7.91. The van der Waals surface area contributed by atoms with Crippen molar-refractivity contribution in [2.24, 2.45) is 0 Å². The van der Waals surface area contributed by atoms with Crippen LogP contribution >= 0.6 is 0 Å². The lowest BCUT2D eigenvalue weighted by Crippen LogP contribution is -2.29. The second-order valence-electron chi connectivity index (χ2n) is 5.84. The second-order valence-corrected chi connectivity index (χ2v) is 5.84. The average molecular weight is 367 g/mol. The Morgan fingerprint density at radius 1 is 1.19 bits per heavy atom. The summed E-state index contributed by atoms with van der Waals surface area (Å²) in [6.45, 7) is 1.69. The number of anilines is 1. The molecule has 26 heavy (non-hydrogen) atoms. The van der Waals surface area contributed by atoms with Crippen molar-refractivity contribution < 1.29 is 22.7 Å². The predicted molar refractivity (Wildman–Crippen MR) is 87.0 cm³/mol. The van der Waals surface area contributed by atoms with Crippen LogP contribution in [0, 0.1) is 0 Å². The largest absolute Gasteiger partial charge is 0.497 e. The number of carbonyl (C=O) groups excluding carboxylic acids is 1. The summed E-state index contributed by atoms with van der Waals surface area (Å²) in [7, 11) is 1.51. The fourth-order valence-electron chi connectivity index (χ4n) is 2.92. The maximum atomic E-state index is 13.0. The zero-order valence-electron chi connectivity index (χ0n) is 14.1. The summed E-state index contributed by atoms with van der Waals surface area (Å²) < 4.78 is 45.2. The standard InChI is InChI=1S/C17H16F3N3O3/c1-3-12-15(25)22(9-10-4-6-11(26-2)7-5-10)16-21-13(17(18,19)20)8-14(24)23(12)16/h4-8,12H,3,9H2,1-2H3. The van der Waals surface area contributed by atoms with Gasteiger partial charge >= 0.3 is 6.18 Å². The molecule has 1 aromatic heterocycles. The number of hydrogen-bond acceptors (Lipinski definition) is 4. The third kappa shape index (κ3) is 3.04. The van der Waals surface area contributed by atoms with Gasteiger partial charge in [-0.1, -0.05) is 19.1 Å². The van der Waals surface area contributed by atoms with Crippen molar-refractivity contribution in [1.29, 1.82) is 0 Å². The van der Waals surface area contributed by atoms with Crippen LogP contribution in [0.25, 0.3) is 0 Å². The number of carbonyl (C=O) groups is 1. The quantitative estimate of drug-likeness (QED) is 0.834. The summed E-state index contributed by atoms with van der Waals surface area (Å²) in [6.07, 6.45) is -4.49. The first-order valence-corrected chi connectivity index (χ1v) is 7.91. The lowest BCUT2D eigenvalue weighted by molar-refractivity contribution is -0.141. The monoisotopic (exact) mass is 367 g/mol. The van der Waals surface area contributed by atoms with E-state index in [9.17, 15) is 22.8 Å². The van der Waals surface area contributed by atoms with E-state index in [1.807, 2.05) is 0 Å². The molecular weight excluding hydrogens is 351 g/mol. The molecule has 0 aliphatic carbocycles. The number of alkyl halides is 3. The van der Waals surface area contributed by atoms with Crippen LogP contribution < -0.4 is 15.2 Å². The molecule has 1 aliphatic heterocycles. The van der Waals surface area contributed by atoms with Gasteiger partial charge in [0.25, 0.3) is 11.5 Å². The summed E-state index contributed by atoms with van der Waals surface area (Å²) in [5.41, 5.74) is -1.52. The van der Waals surface area contributed by atoms with Crippen molar-refractivity contribution in [3.05, 3.63) is 51.9 Å². The van der Waals surface area contributed by atoms with Gasteiger partial charge in [-0.05, 0) is 24.1 Å². The lowest BCUT2D eigenvalue weighted by Gasteiger charge is -2.17. The Bertz CT molecular complexity index is 891. The molecule has 2 aromatic rings. The van der Waals surface area contributed by atoms with Crippen molar-refractivity contribution in [2.75, 3.05) is 12.0 Å². The van der Waals surface area contributed by atoms with Crippen molar-refractivity contribution >= 4 is 11.9 Å². The van der Waals surface area contributed by atoms with Gasteiger partial charge in [0, 0.05) is 6.07 Å². The van der Waals surface area contributed by atoms with Crippen LogP contribution in [0.2, 0.25) is 0 Å². The molecule has 0 N–H and O–H groups in total. The van der Waals surface area contributed by atoms with Crippen molar-refractivity contribution in [1.82, 2.24) is 9.55 Å². The molecule has 0 saturated carbocycles. The normalized spacial score (nSPS) is 16.7. The summed E-state index contributed by atoms with van der Waals surface area (Å²) in [5.74, 6) is -0.119. The number of methoxy groups -OCH3 is 1. The van der Waals surface area contributed by atoms with Gasteiger partial charge in [-0.3, -0.25) is 19.1 Å². The van der Waals surface area contributed by atoms with E-state index in [0.717, 1.165) is 9.47 Å². The summed E-state index contributed by atoms with van der Waals surface area (Å²) in [6, 6.07) is 6.32. The topological polar surface area (TPSA) is 64.4 Å². The molecule has 138 valence electrons. The molecule has 6 nitrogen and oxygen atoms in total. The fourth-order valence-corrected chi connectivity index (χ4v) is 2.92. The van der Waals surface area contributed by atoms with E-state index in [2.05, 4.69) is 4.98 Å². The minimum absolute atomic E-state index is 0.00702. The van der Waals surface area contributed by atoms with E-state index in [4.69, 9.17) is 4.74 Å². The number of rotatable bonds is 4. The zero-order valence-corrected chi connectivity index (χ0v) is 14.1. The van der Waals surface area contributed by atoms with E-state index in [1.54, 1.807) is 31.2 Å². The maximum Gasteiger partial charge on any atom is 0.433 e. The Kier molecular flexibility index (Phi) is 4.47. The average Bonchev–Trinajstić information content (AvgIpc) is 2.87. The maximum absolute atomic E-state index is 13.0. The molecule has 1 aliphatic rings. The first-order chi connectivity index (χ1) is 12.3. The highest BCUT2D eigenvalue weighted by Gasteiger charge is 2.41. The zero-order chi connectivity index (χ0) is 19.1. The van der Waals surface area contributed by atoms with Crippen molar-refractivity contribution in [3.8, 4) is 5.75 Å². The van der Waals surface area contributed by atoms with Crippen molar-refractivity contribution in [2.45, 2.75) is 32.1 Å². The highest BCUT2D eigenvalue weighted by Crippen LogP contribution is 2.34. The third-order valence-electron chi connectivity index (χ3n) is 4.21. The Labute approximate surface area is 146 Å². The molecule has 2 heterocycles. The van der Waals surface area contributed by atoms with Gasteiger partial charge in [-0.15, -0.1) is 0 Å². The number of amides is 1. The smallest absolute Gasteiger partial charge is 0.433 e. The van der Waals surface area contributed by atoms with E-state index < -0.39 is 29.4 Å². The molecule has 0 saturated heterocycles. The minimum Gasteiger partial charge on any atom is -0.497 e. The highest BCUT2D eigenvalue weighted by atomic mass is 19.4. The van der Waals surface area contributed by atoms with Gasteiger partial charge in [0.05, 0.1) is 13.7 Å². The molecular formula is C17H16F3N3O3. The summed E-state index contributed by atoms with van der Waals surface area (Å²) in [4.78, 5) is 29.5. The van der Waals surface area contributed by atoms with E-state index >= 15 is 0 Å².